The first kappa shape index (κ1) is 8.19. The molecular weight excluding hydrogens is 190 g/mol. The third-order valence-corrected chi connectivity index (χ3v) is 2.11. The molecule has 0 spiro atoms. The Bertz CT molecular complexity index is 477. The number of aldehydes is 1. The van der Waals surface area contributed by atoms with Crippen LogP contribution >= 0.6 is 11.6 Å². The molecule has 2 rings (SSSR count). The van der Waals surface area contributed by atoms with Gasteiger partial charge < -0.3 is 0 Å². The first-order chi connectivity index (χ1) is 6.24. The SMILES string of the molecule is Cc1cnc(Cl)c2cnc(C=O)n12. The highest BCUT2D eigenvalue weighted by atomic mass is 35.5. The topological polar surface area (TPSA) is 47.3 Å². The highest BCUT2D eigenvalue weighted by Gasteiger charge is 2.07. The molecule has 0 bridgehead atoms. The molecule has 13 heavy (non-hydrogen) atoms. The van der Waals surface area contributed by atoms with Gasteiger partial charge in [-0.2, -0.15) is 0 Å². The molecule has 0 aromatic carbocycles. The summed E-state index contributed by atoms with van der Waals surface area (Å²) in [4.78, 5) is 18.4. The predicted molar refractivity (Wildman–Crippen MR) is 48.1 cm³/mol. The number of carbonyl (C=O) groups excluding carboxylic acids is 1. The van der Waals surface area contributed by atoms with E-state index in [0.717, 1.165) is 5.69 Å². The largest absolute Gasteiger partial charge is 0.294 e. The molecule has 0 fully saturated rings. The van der Waals surface area contributed by atoms with Gasteiger partial charge in [0, 0.05) is 11.9 Å². The molecule has 2 aromatic heterocycles. The molecule has 0 radical (unpaired) electrons. The highest BCUT2D eigenvalue weighted by Crippen LogP contribution is 2.16. The van der Waals surface area contributed by atoms with Gasteiger partial charge in [0.05, 0.1) is 6.20 Å². The molecular formula is C8H6ClN3O. The van der Waals surface area contributed by atoms with E-state index in [0.29, 0.717) is 22.8 Å². The third-order valence-electron chi connectivity index (χ3n) is 1.82. The van der Waals surface area contributed by atoms with Crippen LogP contribution in [0, 0.1) is 6.92 Å². The van der Waals surface area contributed by atoms with E-state index < -0.39 is 0 Å². The van der Waals surface area contributed by atoms with Crippen molar-refractivity contribution in [3.8, 4) is 0 Å². The summed E-state index contributed by atoms with van der Waals surface area (Å²) in [7, 11) is 0. The summed E-state index contributed by atoms with van der Waals surface area (Å²) in [6.45, 7) is 1.84. The molecule has 4 nitrogen and oxygen atoms in total. The average Bonchev–Trinajstić information content (AvgIpc) is 2.56. The Morgan fingerprint density at radius 1 is 1.46 bits per heavy atom. The molecule has 5 heteroatoms. The normalized spacial score (nSPS) is 10.6. The number of rotatable bonds is 1. The third kappa shape index (κ3) is 1.10. The lowest BCUT2D eigenvalue weighted by Gasteiger charge is -2.00. The first-order valence-electron chi connectivity index (χ1n) is 3.68. The van der Waals surface area contributed by atoms with E-state index in [9.17, 15) is 4.79 Å². The molecule has 0 N–H and O–H groups in total. The van der Waals surface area contributed by atoms with Crippen molar-refractivity contribution in [2.24, 2.45) is 0 Å². The van der Waals surface area contributed by atoms with Gasteiger partial charge in [0.1, 0.15) is 5.52 Å². The van der Waals surface area contributed by atoms with Gasteiger partial charge in [0.15, 0.2) is 17.3 Å². The number of fused-ring (bicyclic) bond motifs is 1. The molecule has 0 aliphatic rings. The number of aromatic nitrogens is 3. The van der Waals surface area contributed by atoms with Crippen LogP contribution in [0.2, 0.25) is 5.15 Å². The van der Waals surface area contributed by atoms with Crippen molar-refractivity contribution in [1.82, 2.24) is 14.4 Å². The molecule has 66 valence electrons. The zero-order valence-corrected chi connectivity index (χ0v) is 7.62. The number of halogens is 1. The Balaban J connectivity index is 2.95. The zero-order chi connectivity index (χ0) is 9.42. The van der Waals surface area contributed by atoms with Crippen molar-refractivity contribution in [1.29, 1.82) is 0 Å². The molecule has 0 unspecified atom stereocenters. The minimum absolute atomic E-state index is 0.344. The standard InChI is InChI=1S/C8H6ClN3O/c1-5-2-11-8(9)6-3-10-7(4-13)12(5)6/h2-4H,1H3. The maximum absolute atomic E-state index is 10.6. The van der Waals surface area contributed by atoms with Crippen LogP contribution in [-0.2, 0) is 0 Å². The monoisotopic (exact) mass is 195 g/mol. The molecule has 0 saturated carbocycles. The Hall–Kier alpha value is -1.42. The van der Waals surface area contributed by atoms with E-state index in [-0.39, 0.29) is 0 Å². The summed E-state index contributed by atoms with van der Waals surface area (Å²) >= 11 is 5.81. The van der Waals surface area contributed by atoms with Gasteiger partial charge in [0.25, 0.3) is 0 Å². The minimum Gasteiger partial charge on any atom is -0.294 e. The first-order valence-corrected chi connectivity index (χ1v) is 4.05. The van der Waals surface area contributed by atoms with Crippen LogP contribution in [0.1, 0.15) is 16.3 Å². The van der Waals surface area contributed by atoms with E-state index in [4.69, 9.17) is 11.6 Å². The van der Waals surface area contributed by atoms with Crippen molar-refractivity contribution in [3.63, 3.8) is 0 Å². The summed E-state index contributed by atoms with van der Waals surface area (Å²) < 4.78 is 1.67. The van der Waals surface area contributed by atoms with Gasteiger partial charge in [-0.05, 0) is 6.92 Å². The number of aryl methyl sites for hydroxylation is 1. The second kappa shape index (κ2) is 2.81. The molecule has 0 amide bonds. The van der Waals surface area contributed by atoms with Crippen LogP contribution in [0.5, 0.6) is 0 Å². The molecule has 0 aliphatic carbocycles. The van der Waals surface area contributed by atoms with Crippen LogP contribution in [-0.4, -0.2) is 20.7 Å². The Morgan fingerprint density at radius 3 is 2.92 bits per heavy atom. The average molecular weight is 196 g/mol. The van der Waals surface area contributed by atoms with Gasteiger partial charge in [-0.3, -0.25) is 9.20 Å². The lowest BCUT2D eigenvalue weighted by Crippen LogP contribution is -1.98. The van der Waals surface area contributed by atoms with E-state index >= 15 is 0 Å². The fraction of sp³-hybridized carbons (Fsp3) is 0.125. The zero-order valence-electron chi connectivity index (χ0n) is 6.86. The molecule has 2 aromatic rings. The Morgan fingerprint density at radius 2 is 2.23 bits per heavy atom. The van der Waals surface area contributed by atoms with E-state index in [1.807, 2.05) is 6.92 Å². The van der Waals surface area contributed by atoms with E-state index in [2.05, 4.69) is 9.97 Å². The lowest BCUT2D eigenvalue weighted by atomic mass is 10.4. The molecule has 0 saturated heterocycles. The lowest BCUT2D eigenvalue weighted by molar-refractivity contribution is 0.111. The van der Waals surface area contributed by atoms with Crippen molar-refractivity contribution < 1.29 is 4.79 Å². The van der Waals surface area contributed by atoms with Gasteiger partial charge in [-0.1, -0.05) is 11.6 Å². The number of carbonyl (C=O) groups is 1. The van der Waals surface area contributed by atoms with Gasteiger partial charge >= 0.3 is 0 Å². The summed E-state index contributed by atoms with van der Waals surface area (Å²) in [5, 5.41) is 0.353. The summed E-state index contributed by atoms with van der Waals surface area (Å²) in [6.07, 6.45) is 3.83. The van der Waals surface area contributed by atoms with Crippen molar-refractivity contribution in [2.45, 2.75) is 6.92 Å². The van der Waals surface area contributed by atoms with Crippen molar-refractivity contribution >= 4 is 23.4 Å². The quantitative estimate of drug-likeness (QED) is 0.648. The predicted octanol–water partition coefficient (Wildman–Crippen LogP) is 1.50. The smallest absolute Gasteiger partial charge is 0.185 e. The number of hydrogen-bond acceptors (Lipinski definition) is 3. The molecule has 0 atom stereocenters. The molecule has 2 heterocycles. The van der Waals surface area contributed by atoms with Gasteiger partial charge in [-0.25, -0.2) is 9.97 Å². The van der Waals surface area contributed by atoms with Gasteiger partial charge in [-0.15, -0.1) is 0 Å². The maximum atomic E-state index is 10.6. The van der Waals surface area contributed by atoms with Crippen LogP contribution in [0.25, 0.3) is 5.52 Å². The van der Waals surface area contributed by atoms with Gasteiger partial charge in [0.2, 0.25) is 0 Å². The summed E-state index contributed by atoms with van der Waals surface area (Å²) in [5.74, 6) is 0.344. The van der Waals surface area contributed by atoms with Crippen molar-refractivity contribution in [2.75, 3.05) is 0 Å². The minimum atomic E-state index is 0.344. The van der Waals surface area contributed by atoms with Crippen LogP contribution < -0.4 is 0 Å². The van der Waals surface area contributed by atoms with Crippen LogP contribution in [0.4, 0.5) is 0 Å². The Labute approximate surface area is 79.2 Å². The second-order valence-electron chi connectivity index (χ2n) is 2.65. The number of imidazole rings is 1. The fourth-order valence-electron chi connectivity index (χ4n) is 1.24. The number of nitrogens with zero attached hydrogens (tertiary/aromatic N) is 3. The molecule has 0 aliphatic heterocycles. The number of hydrogen-bond donors (Lipinski definition) is 0. The second-order valence-corrected chi connectivity index (χ2v) is 3.00. The Kier molecular flexibility index (Phi) is 1.77. The summed E-state index contributed by atoms with van der Waals surface area (Å²) in [5.41, 5.74) is 1.49. The van der Waals surface area contributed by atoms with E-state index in [1.54, 1.807) is 10.6 Å². The van der Waals surface area contributed by atoms with Crippen LogP contribution in [0.3, 0.4) is 0 Å². The van der Waals surface area contributed by atoms with E-state index in [1.165, 1.54) is 6.20 Å². The maximum Gasteiger partial charge on any atom is 0.185 e. The fourth-order valence-corrected chi connectivity index (χ4v) is 1.42. The van der Waals surface area contributed by atoms with Crippen molar-refractivity contribution in [3.05, 3.63) is 29.1 Å². The van der Waals surface area contributed by atoms with Crippen LogP contribution in [0.15, 0.2) is 12.4 Å². The summed E-state index contributed by atoms with van der Waals surface area (Å²) in [6, 6.07) is 0. The highest BCUT2D eigenvalue weighted by molar-refractivity contribution is 6.32.